The molecule has 0 aliphatic rings. The second-order valence-electron chi connectivity index (χ2n) is 3.67. The first-order chi connectivity index (χ1) is 8.52. The van der Waals surface area contributed by atoms with E-state index in [2.05, 4.69) is 41.8 Å². The molecule has 0 unspecified atom stereocenters. The molecule has 2 rings (SSSR count). The van der Waals surface area contributed by atoms with Crippen LogP contribution in [0.4, 0.5) is 5.82 Å². The average Bonchev–Trinajstić information content (AvgIpc) is 2.32. The molecule has 0 atom stereocenters. The molecule has 18 heavy (non-hydrogen) atoms. The van der Waals surface area contributed by atoms with Gasteiger partial charge in [0.25, 0.3) is 0 Å². The number of nitrogens with two attached hydrogens (primary N) is 1. The van der Waals surface area contributed by atoms with E-state index in [0.29, 0.717) is 16.7 Å². The molecule has 0 bridgehead atoms. The third kappa shape index (κ3) is 2.68. The van der Waals surface area contributed by atoms with Crippen LogP contribution < -0.4 is 5.73 Å². The Morgan fingerprint density at radius 3 is 2.61 bits per heavy atom. The van der Waals surface area contributed by atoms with E-state index in [1.165, 1.54) is 0 Å². The summed E-state index contributed by atoms with van der Waals surface area (Å²) in [6, 6.07) is 5.58. The van der Waals surface area contributed by atoms with Gasteiger partial charge in [-0.3, -0.25) is 0 Å². The summed E-state index contributed by atoms with van der Waals surface area (Å²) in [6.07, 6.45) is 0.772. The SMILES string of the molecule is CCc1nc(-c2ccc(Br)cc2Cl)nc(N)c1Br. The van der Waals surface area contributed by atoms with Gasteiger partial charge < -0.3 is 5.73 Å². The summed E-state index contributed by atoms with van der Waals surface area (Å²) in [5, 5.41) is 0.591. The fourth-order valence-electron chi connectivity index (χ4n) is 1.54. The van der Waals surface area contributed by atoms with Gasteiger partial charge in [0.15, 0.2) is 5.82 Å². The van der Waals surface area contributed by atoms with E-state index in [-0.39, 0.29) is 0 Å². The van der Waals surface area contributed by atoms with Crippen LogP contribution in [0.3, 0.4) is 0 Å². The zero-order valence-corrected chi connectivity index (χ0v) is 13.5. The Morgan fingerprint density at radius 2 is 2.00 bits per heavy atom. The maximum absolute atomic E-state index is 6.19. The van der Waals surface area contributed by atoms with Crippen LogP contribution in [0.15, 0.2) is 27.1 Å². The van der Waals surface area contributed by atoms with Crippen molar-refractivity contribution in [3.8, 4) is 11.4 Å². The fraction of sp³-hybridized carbons (Fsp3) is 0.167. The molecule has 0 amide bonds. The van der Waals surface area contributed by atoms with E-state index in [1.807, 2.05) is 25.1 Å². The minimum absolute atomic E-state index is 0.427. The Morgan fingerprint density at radius 1 is 1.28 bits per heavy atom. The monoisotopic (exact) mass is 389 g/mol. The second kappa shape index (κ2) is 5.55. The van der Waals surface area contributed by atoms with Crippen molar-refractivity contribution in [1.29, 1.82) is 0 Å². The van der Waals surface area contributed by atoms with Crippen molar-refractivity contribution >= 4 is 49.3 Å². The third-order valence-corrected chi connectivity index (χ3v) is 4.12. The predicted octanol–water partition coefficient (Wildman–Crippen LogP) is 4.47. The average molecular weight is 391 g/mol. The van der Waals surface area contributed by atoms with E-state index in [1.54, 1.807) is 0 Å². The van der Waals surface area contributed by atoms with Crippen molar-refractivity contribution in [3.63, 3.8) is 0 Å². The molecule has 0 aliphatic carbocycles. The summed E-state index contributed by atoms with van der Waals surface area (Å²) < 4.78 is 1.67. The lowest BCUT2D eigenvalue weighted by Gasteiger charge is -2.09. The Hall–Kier alpha value is -0.650. The Labute approximate surface area is 127 Å². The van der Waals surface area contributed by atoms with Crippen molar-refractivity contribution in [1.82, 2.24) is 9.97 Å². The molecule has 0 fully saturated rings. The van der Waals surface area contributed by atoms with Gasteiger partial charge in [0.1, 0.15) is 5.82 Å². The van der Waals surface area contributed by atoms with E-state index in [9.17, 15) is 0 Å². The predicted molar refractivity (Wildman–Crippen MR) is 81.7 cm³/mol. The molecule has 0 saturated carbocycles. The van der Waals surface area contributed by atoms with Gasteiger partial charge in [0.05, 0.1) is 15.2 Å². The first-order valence-corrected chi connectivity index (χ1v) is 7.26. The minimum atomic E-state index is 0.427. The number of hydrogen-bond acceptors (Lipinski definition) is 3. The maximum Gasteiger partial charge on any atom is 0.163 e. The lowest BCUT2D eigenvalue weighted by Crippen LogP contribution is -2.02. The Bertz CT molecular complexity index is 602. The molecular formula is C12H10Br2ClN3. The van der Waals surface area contributed by atoms with Crippen LogP contribution in [0.5, 0.6) is 0 Å². The highest BCUT2D eigenvalue weighted by Crippen LogP contribution is 2.31. The van der Waals surface area contributed by atoms with Crippen molar-refractivity contribution < 1.29 is 0 Å². The number of halogens is 3. The molecule has 2 N–H and O–H groups in total. The van der Waals surface area contributed by atoms with E-state index in [0.717, 1.165) is 26.6 Å². The molecule has 1 heterocycles. The molecule has 94 valence electrons. The number of anilines is 1. The van der Waals surface area contributed by atoms with Gasteiger partial charge in [0.2, 0.25) is 0 Å². The summed E-state index contributed by atoms with van der Waals surface area (Å²) in [6.45, 7) is 2.01. The van der Waals surface area contributed by atoms with Gasteiger partial charge in [-0.25, -0.2) is 9.97 Å². The first-order valence-electron chi connectivity index (χ1n) is 5.30. The third-order valence-electron chi connectivity index (χ3n) is 2.45. The summed E-state index contributed by atoms with van der Waals surface area (Å²) in [5.74, 6) is 0.973. The minimum Gasteiger partial charge on any atom is -0.383 e. The molecule has 2 aromatic rings. The number of rotatable bonds is 2. The smallest absolute Gasteiger partial charge is 0.163 e. The highest BCUT2D eigenvalue weighted by molar-refractivity contribution is 9.11. The first kappa shape index (κ1) is 13.8. The summed E-state index contributed by atoms with van der Waals surface area (Å²) in [4.78, 5) is 8.74. The fourth-order valence-corrected chi connectivity index (χ4v) is 2.75. The summed E-state index contributed by atoms with van der Waals surface area (Å²) >= 11 is 12.9. The Balaban J connectivity index is 2.60. The number of nitrogen functional groups attached to an aromatic ring is 1. The van der Waals surface area contributed by atoms with Crippen LogP contribution in [0.25, 0.3) is 11.4 Å². The number of aryl methyl sites for hydroxylation is 1. The van der Waals surface area contributed by atoms with Crippen molar-refractivity contribution in [2.24, 2.45) is 0 Å². The van der Waals surface area contributed by atoms with Gasteiger partial charge in [-0.05, 0) is 40.5 Å². The number of hydrogen-bond donors (Lipinski definition) is 1. The lowest BCUT2D eigenvalue weighted by molar-refractivity contribution is 0.996. The van der Waals surface area contributed by atoms with Crippen LogP contribution >= 0.6 is 43.5 Å². The molecule has 1 aromatic carbocycles. The summed E-state index contributed by atoms with van der Waals surface area (Å²) in [5.41, 5.74) is 7.51. The van der Waals surface area contributed by atoms with Gasteiger partial charge >= 0.3 is 0 Å². The molecule has 0 aliphatic heterocycles. The molecular weight excluding hydrogens is 381 g/mol. The second-order valence-corrected chi connectivity index (χ2v) is 5.79. The topological polar surface area (TPSA) is 51.8 Å². The molecule has 0 saturated heterocycles. The Kier molecular flexibility index (Phi) is 4.25. The highest BCUT2D eigenvalue weighted by atomic mass is 79.9. The van der Waals surface area contributed by atoms with E-state index < -0.39 is 0 Å². The zero-order valence-electron chi connectivity index (χ0n) is 9.54. The number of aromatic nitrogens is 2. The van der Waals surface area contributed by atoms with Crippen molar-refractivity contribution in [2.75, 3.05) is 5.73 Å². The van der Waals surface area contributed by atoms with Gasteiger partial charge in [-0.1, -0.05) is 34.5 Å². The van der Waals surface area contributed by atoms with Gasteiger partial charge in [-0.2, -0.15) is 0 Å². The lowest BCUT2D eigenvalue weighted by atomic mass is 10.2. The van der Waals surface area contributed by atoms with Crippen LogP contribution in [-0.4, -0.2) is 9.97 Å². The van der Waals surface area contributed by atoms with Crippen LogP contribution in [0.2, 0.25) is 5.02 Å². The summed E-state index contributed by atoms with van der Waals surface area (Å²) in [7, 11) is 0. The molecule has 3 nitrogen and oxygen atoms in total. The highest BCUT2D eigenvalue weighted by Gasteiger charge is 2.12. The molecule has 6 heteroatoms. The molecule has 1 aromatic heterocycles. The van der Waals surface area contributed by atoms with Crippen LogP contribution in [0.1, 0.15) is 12.6 Å². The quantitative estimate of drug-likeness (QED) is 0.822. The van der Waals surface area contributed by atoms with Crippen molar-refractivity contribution in [2.45, 2.75) is 13.3 Å². The molecule has 0 spiro atoms. The van der Waals surface area contributed by atoms with Crippen LogP contribution in [-0.2, 0) is 6.42 Å². The van der Waals surface area contributed by atoms with E-state index in [4.69, 9.17) is 17.3 Å². The molecule has 0 radical (unpaired) electrons. The van der Waals surface area contributed by atoms with Crippen molar-refractivity contribution in [3.05, 3.63) is 37.9 Å². The number of benzene rings is 1. The maximum atomic E-state index is 6.19. The van der Waals surface area contributed by atoms with Crippen LogP contribution in [0, 0.1) is 0 Å². The largest absolute Gasteiger partial charge is 0.383 e. The van der Waals surface area contributed by atoms with Gasteiger partial charge in [0, 0.05) is 10.0 Å². The van der Waals surface area contributed by atoms with Gasteiger partial charge in [-0.15, -0.1) is 0 Å². The normalized spacial score (nSPS) is 10.7. The van der Waals surface area contributed by atoms with E-state index >= 15 is 0 Å². The zero-order chi connectivity index (χ0) is 13.3. The standard InChI is InChI=1S/C12H10Br2ClN3/c1-2-9-10(14)11(16)18-12(17-9)7-4-3-6(13)5-8(7)15/h3-5H,2H2,1H3,(H2,16,17,18). The number of nitrogens with zero attached hydrogens (tertiary/aromatic N) is 2.